The van der Waals surface area contributed by atoms with Gasteiger partial charge >= 0.3 is 0 Å². The first-order valence-corrected chi connectivity index (χ1v) is 5.21. The molecule has 1 unspecified atom stereocenters. The standard InChI is InChI=1S/C12H16O3/c1-7(2)9-4-11-12(15-6-14-11)5-10(9)8(3)13/h4-5,7-8,13H,6H2,1-3H3. The smallest absolute Gasteiger partial charge is 0.231 e. The van der Waals surface area contributed by atoms with E-state index in [2.05, 4.69) is 13.8 Å². The van der Waals surface area contributed by atoms with Crippen LogP contribution in [-0.4, -0.2) is 11.9 Å². The van der Waals surface area contributed by atoms with Gasteiger partial charge in [0.2, 0.25) is 6.79 Å². The van der Waals surface area contributed by atoms with E-state index >= 15 is 0 Å². The maximum Gasteiger partial charge on any atom is 0.231 e. The minimum atomic E-state index is -0.475. The van der Waals surface area contributed by atoms with Gasteiger partial charge in [0.1, 0.15) is 0 Å². The van der Waals surface area contributed by atoms with Crippen molar-refractivity contribution in [3.05, 3.63) is 23.3 Å². The second kappa shape index (κ2) is 3.74. The molecule has 1 heterocycles. The van der Waals surface area contributed by atoms with Crippen LogP contribution in [0.3, 0.4) is 0 Å². The molecule has 1 aromatic carbocycles. The average molecular weight is 208 g/mol. The fourth-order valence-corrected chi connectivity index (χ4v) is 1.84. The van der Waals surface area contributed by atoms with Gasteiger partial charge in [-0.15, -0.1) is 0 Å². The van der Waals surface area contributed by atoms with Crippen LogP contribution >= 0.6 is 0 Å². The van der Waals surface area contributed by atoms with Gasteiger partial charge in [0, 0.05) is 0 Å². The lowest BCUT2D eigenvalue weighted by Gasteiger charge is -2.15. The van der Waals surface area contributed by atoms with Crippen molar-refractivity contribution in [2.45, 2.75) is 32.8 Å². The first kappa shape index (κ1) is 10.3. The number of rotatable bonds is 2. The van der Waals surface area contributed by atoms with Crippen molar-refractivity contribution in [1.29, 1.82) is 0 Å². The summed E-state index contributed by atoms with van der Waals surface area (Å²) >= 11 is 0. The second-order valence-electron chi connectivity index (χ2n) is 4.17. The zero-order valence-electron chi connectivity index (χ0n) is 9.28. The predicted molar refractivity (Wildman–Crippen MR) is 57.3 cm³/mol. The molecular weight excluding hydrogens is 192 g/mol. The van der Waals surface area contributed by atoms with Crippen LogP contribution in [0, 0.1) is 0 Å². The molecule has 1 aliphatic rings. The van der Waals surface area contributed by atoms with Crippen molar-refractivity contribution in [2.75, 3.05) is 6.79 Å². The molecule has 3 heteroatoms. The molecule has 0 radical (unpaired) electrons. The van der Waals surface area contributed by atoms with E-state index in [4.69, 9.17) is 9.47 Å². The molecule has 0 aliphatic carbocycles. The molecule has 1 N–H and O–H groups in total. The Balaban J connectivity index is 2.52. The van der Waals surface area contributed by atoms with Gasteiger partial charge in [-0.1, -0.05) is 13.8 Å². The van der Waals surface area contributed by atoms with Crippen LogP contribution in [0.15, 0.2) is 12.1 Å². The quantitative estimate of drug-likeness (QED) is 0.811. The van der Waals surface area contributed by atoms with Crippen molar-refractivity contribution in [1.82, 2.24) is 0 Å². The van der Waals surface area contributed by atoms with Gasteiger partial charge in [0.15, 0.2) is 11.5 Å². The molecule has 3 nitrogen and oxygen atoms in total. The van der Waals surface area contributed by atoms with Crippen molar-refractivity contribution < 1.29 is 14.6 Å². The van der Waals surface area contributed by atoms with Gasteiger partial charge in [-0.05, 0) is 36.1 Å². The second-order valence-corrected chi connectivity index (χ2v) is 4.17. The highest BCUT2D eigenvalue weighted by molar-refractivity contribution is 5.50. The van der Waals surface area contributed by atoms with E-state index in [-0.39, 0.29) is 6.79 Å². The molecular formula is C12H16O3. The van der Waals surface area contributed by atoms with Crippen LogP contribution in [-0.2, 0) is 0 Å². The Bertz CT molecular complexity index is 334. The number of benzene rings is 1. The molecule has 0 spiro atoms. The van der Waals surface area contributed by atoms with Gasteiger partial charge in [-0.25, -0.2) is 0 Å². The molecule has 0 fully saturated rings. The average Bonchev–Trinajstić information content (AvgIpc) is 2.61. The van der Waals surface area contributed by atoms with Crippen molar-refractivity contribution >= 4 is 0 Å². The molecule has 1 aromatic rings. The highest BCUT2D eigenvalue weighted by Gasteiger charge is 2.20. The molecule has 1 aliphatic heterocycles. The third-order valence-electron chi connectivity index (χ3n) is 2.65. The lowest BCUT2D eigenvalue weighted by molar-refractivity contribution is 0.173. The van der Waals surface area contributed by atoms with E-state index in [1.165, 1.54) is 0 Å². The lowest BCUT2D eigenvalue weighted by Crippen LogP contribution is -2.00. The van der Waals surface area contributed by atoms with Gasteiger partial charge in [-0.3, -0.25) is 0 Å². The summed E-state index contributed by atoms with van der Waals surface area (Å²) in [7, 11) is 0. The molecule has 2 rings (SSSR count). The number of hydrogen-bond donors (Lipinski definition) is 1. The summed E-state index contributed by atoms with van der Waals surface area (Å²) in [6.45, 7) is 6.24. The van der Waals surface area contributed by atoms with Crippen LogP contribution in [0.25, 0.3) is 0 Å². The molecule has 0 bridgehead atoms. The number of fused-ring (bicyclic) bond motifs is 1. The Morgan fingerprint density at radius 3 is 2.07 bits per heavy atom. The summed E-state index contributed by atoms with van der Waals surface area (Å²) in [6.07, 6.45) is -0.475. The summed E-state index contributed by atoms with van der Waals surface area (Å²) in [5.41, 5.74) is 2.04. The first-order chi connectivity index (χ1) is 7.09. The zero-order valence-corrected chi connectivity index (χ0v) is 9.28. The minimum absolute atomic E-state index is 0.274. The third-order valence-corrected chi connectivity index (χ3v) is 2.65. The topological polar surface area (TPSA) is 38.7 Å². The highest BCUT2D eigenvalue weighted by atomic mass is 16.7. The maximum atomic E-state index is 9.69. The number of aliphatic hydroxyl groups excluding tert-OH is 1. The summed E-state index contributed by atoms with van der Waals surface area (Å²) in [5, 5.41) is 9.69. The largest absolute Gasteiger partial charge is 0.454 e. The molecule has 0 saturated carbocycles. The SMILES string of the molecule is CC(C)c1cc2c(cc1C(C)O)OCO2. The van der Waals surface area contributed by atoms with E-state index in [0.717, 1.165) is 22.6 Å². The Kier molecular flexibility index (Phi) is 2.57. The van der Waals surface area contributed by atoms with Crippen LogP contribution < -0.4 is 9.47 Å². The summed E-state index contributed by atoms with van der Waals surface area (Å²) in [4.78, 5) is 0. The van der Waals surface area contributed by atoms with E-state index < -0.39 is 6.10 Å². The van der Waals surface area contributed by atoms with Gasteiger partial charge < -0.3 is 14.6 Å². The lowest BCUT2D eigenvalue weighted by atomic mass is 9.94. The van der Waals surface area contributed by atoms with Crippen LogP contribution in [0.2, 0.25) is 0 Å². The zero-order chi connectivity index (χ0) is 11.0. The molecule has 15 heavy (non-hydrogen) atoms. The van der Waals surface area contributed by atoms with E-state index in [9.17, 15) is 5.11 Å². The van der Waals surface area contributed by atoms with Gasteiger partial charge in [0.25, 0.3) is 0 Å². The van der Waals surface area contributed by atoms with E-state index in [0.29, 0.717) is 5.92 Å². The van der Waals surface area contributed by atoms with Gasteiger partial charge in [0.05, 0.1) is 6.10 Å². The Morgan fingerprint density at radius 1 is 1.07 bits per heavy atom. The first-order valence-electron chi connectivity index (χ1n) is 5.21. The van der Waals surface area contributed by atoms with E-state index in [1.807, 2.05) is 12.1 Å². The van der Waals surface area contributed by atoms with Crippen LogP contribution in [0.5, 0.6) is 11.5 Å². The van der Waals surface area contributed by atoms with Crippen molar-refractivity contribution in [2.24, 2.45) is 0 Å². The molecule has 0 aromatic heterocycles. The highest BCUT2D eigenvalue weighted by Crippen LogP contribution is 2.39. The Hall–Kier alpha value is -1.22. The molecule has 0 amide bonds. The third kappa shape index (κ3) is 1.79. The van der Waals surface area contributed by atoms with Crippen LogP contribution in [0.1, 0.15) is 43.9 Å². The number of aliphatic hydroxyl groups is 1. The van der Waals surface area contributed by atoms with Crippen molar-refractivity contribution in [3.63, 3.8) is 0 Å². The monoisotopic (exact) mass is 208 g/mol. The molecule has 1 atom stereocenters. The number of hydrogen-bond acceptors (Lipinski definition) is 3. The summed E-state index contributed by atoms with van der Waals surface area (Å²) in [6, 6.07) is 3.84. The van der Waals surface area contributed by atoms with Gasteiger partial charge in [-0.2, -0.15) is 0 Å². The Morgan fingerprint density at radius 2 is 1.60 bits per heavy atom. The normalized spacial score (nSPS) is 15.8. The predicted octanol–water partition coefficient (Wildman–Crippen LogP) is 2.59. The fraction of sp³-hybridized carbons (Fsp3) is 0.500. The van der Waals surface area contributed by atoms with Crippen LogP contribution in [0.4, 0.5) is 0 Å². The van der Waals surface area contributed by atoms with Crippen molar-refractivity contribution in [3.8, 4) is 11.5 Å². The Labute approximate surface area is 89.6 Å². The molecule has 82 valence electrons. The minimum Gasteiger partial charge on any atom is -0.454 e. The summed E-state index contributed by atoms with van der Waals surface area (Å²) in [5.74, 6) is 1.88. The fourth-order valence-electron chi connectivity index (χ4n) is 1.84. The van der Waals surface area contributed by atoms with E-state index in [1.54, 1.807) is 6.92 Å². The summed E-state index contributed by atoms with van der Waals surface area (Å²) < 4.78 is 10.6. The molecule has 0 saturated heterocycles. The number of ether oxygens (including phenoxy) is 2. The maximum absolute atomic E-state index is 9.69.